The van der Waals surface area contributed by atoms with Crippen LogP contribution in [0.1, 0.15) is 38.1 Å². The molecule has 1 aliphatic heterocycles. The molecule has 0 unspecified atom stereocenters. The highest BCUT2D eigenvalue weighted by Gasteiger charge is 2.21. The number of amides is 1. The zero-order valence-corrected chi connectivity index (χ0v) is 11.7. The lowest BCUT2D eigenvalue weighted by Crippen LogP contribution is -2.43. The molecular weight excluding hydrogens is 248 g/mol. The first kappa shape index (κ1) is 13.4. The predicted octanol–water partition coefficient (Wildman–Crippen LogP) is 1.82. The average Bonchev–Trinajstić information content (AvgIpc) is 2.76. The Morgan fingerprint density at radius 2 is 2.33 bits per heavy atom. The number of hydrogen-bond donors (Lipinski definition) is 2. The lowest BCUT2D eigenvalue weighted by atomic mass is 10.0. The molecule has 1 saturated heterocycles. The van der Waals surface area contributed by atoms with Crippen LogP contribution in [0.4, 0.5) is 5.13 Å². The lowest BCUT2D eigenvalue weighted by molar-refractivity contribution is -0.118. The van der Waals surface area contributed by atoms with Crippen LogP contribution in [-0.4, -0.2) is 28.7 Å². The molecule has 18 heavy (non-hydrogen) atoms. The zero-order valence-electron chi connectivity index (χ0n) is 10.9. The summed E-state index contributed by atoms with van der Waals surface area (Å²) in [6, 6.07) is -0.0730. The molecule has 2 rings (SSSR count). The lowest BCUT2D eigenvalue weighted by Gasteiger charge is -2.21. The van der Waals surface area contributed by atoms with Crippen LogP contribution in [-0.2, 0) is 11.2 Å². The Balaban J connectivity index is 1.88. The van der Waals surface area contributed by atoms with Gasteiger partial charge in [0.05, 0.1) is 6.04 Å². The van der Waals surface area contributed by atoms with Crippen molar-refractivity contribution >= 4 is 22.4 Å². The molecule has 1 aromatic heterocycles. The van der Waals surface area contributed by atoms with Crippen molar-refractivity contribution in [2.75, 3.05) is 11.9 Å². The van der Waals surface area contributed by atoms with Gasteiger partial charge in [0.1, 0.15) is 5.01 Å². The number of rotatable bonds is 4. The number of nitrogens with one attached hydrogen (secondary N) is 2. The van der Waals surface area contributed by atoms with E-state index in [1.807, 2.05) is 0 Å². The van der Waals surface area contributed by atoms with Crippen LogP contribution in [0.15, 0.2) is 0 Å². The molecule has 0 spiro atoms. The second-order valence-electron chi connectivity index (χ2n) is 5.09. The van der Waals surface area contributed by atoms with Crippen molar-refractivity contribution in [1.29, 1.82) is 0 Å². The van der Waals surface area contributed by atoms with Gasteiger partial charge in [-0.2, -0.15) is 0 Å². The number of nitrogens with zero attached hydrogens (tertiary/aromatic N) is 2. The first-order valence-corrected chi connectivity index (χ1v) is 7.33. The largest absolute Gasteiger partial charge is 0.306 e. The molecule has 1 aliphatic rings. The van der Waals surface area contributed by atoms with Crippen LogP contribution in [0.5, 0.6) is 0 Å². The van der Waals surface area contributed by atoms with E-state index in [2.05, 4.69) is 34.7 Å². The van der Waals surface area contributed by atoms with E-state index < -0.39 is 0 Å². The third kappa shape index (κ3) is 3.74. The van der Waals surface area contributed by atoms with Gasteiger partial charge in [0.25, 0.3) is 0 Å². The zero-order chi connectivity index (χ0) is 13.0. The fraction of sp³-hybridized carbons (Fsp3) is 0.750. The van der Waals surface area contributed by atoms with Gasteiger partial charge in [-0.3, -0.25) is 10.1 Å². The van der Waals surface area contributed by atoms with Crippen molar-refractivity contribution < 1.29 is 4.79 Å². The van der Waals surface area contributed by atoms with E-state index in [-0.39, 0.29) is 11.9 Å². The summed E-state index contributed by atoms with van der Waals surface area (Å²) in [6.07, 6.45) is 4.08. The molecule has 0 aromatic carbocycles. The second kappa shape index (κ2) is 6.24. The summed E-state index contributed by atoms with van der Waals surface area (Å²) >= 11 is 1.47. The number of anilines is 1. The highest BCUT2D eigenvalue weighted by atomic mass is 32.1. The fourth-order valence-corrected chi connectivity index (χ4v) is 2.96. The van der Waals surface area contributed by atoms with Crippen molar-refractivity contribution in [2.45, 2.75) is 45.6 Å². The normalized spacial score (nSPS) is 20.1. The maximum Gasteiger partial charge on any atom is 0.243 e. The maximum absolute atomic E-state index is 12.0. The highest BCUT2D eigenvalue weighted by Crippen LogP contribution is 2.19. The summed E-state index contributed by atoms with van der Waals surface area (Å²) in [5, 5.41) is 15.8. The number of hydrogen-bond acceptors (Lipinski definition) is 5. The molecule has 2 heterocycles. The third-order valence-electron chi connectivity index (χ3n) is 2.91. The van der Waals surface area contributed by atoms with E-state index in [9.17, 15) is 4.79 Å². The van der Waals surface area contributed by atoms with Gasteiger partial charge in [-0.25, -0.2) is 0 Å². The van der Waals surface area contributed by atoms with Crippen LogP contribution >= 0.6 is 11.3 Å². The van der Waals surface area contributed by atoms with Gasteiger partial charge in [0.2, 0.25) is 11.0 Å². The number of carbonyl (C=O) groups is 1. The second-order valence-corrected chi connectivity index (χ2v) is 6.15. The Kier molecular flexibility index (Phi) is 4.66. The molecule has 1 atom stereocenters. The standard InChI is InChI=1S/C12H20N4OS/c1-8(2)7-10-15-16-12(18-10)14-11(17)9-5-3-4-6-13-9/h8-9,13H,3-7H2,1-2H3,(H,14,16,17)/t9-/m1/s1. The first-order valence-electron chi connectivity index (χ1n) is 6.52. The quantitative estimate of drug-likeness (QED) is 0.874. The first-order chi connectivity index (χ1) is 8.65. The minimum atomic E-state index is -0.0730. The van der Waals surface area contributed by atoms with Gasteiger partial charge in [0.15, 0.2) is 0 Å². The maximum atomic E-state index is 12.0. The van der Waals surface area contributed by atoms with Crippen LogP contribution in [0, 0.1) is 5.92 Å². The Labute approximate surface area is 111 Å². The summed E-state index contributed by atoms with van der Waals surface area (Å²) in [5.41, 5.74) is 0. The molecule has 0 saturated carbocycles. The van der Waals surface area contributed by atoms with Crippen molar-refractivity contribution in [2.24, 2.45) is 5.92 Å². The van der Waals surface area contributed by atoms with Gasteiger partial charge in [-0.05, 0) is 25.3 Å². The molecule has 1 amide bonds. The average molecular weight is 268 g/mol. The van der Waals surface area contributed by atoms with Crippen LogP contribution in [0.3, 0.4) is 0 Å². The number of carbonyl (C=O) groups excluding carboxylic acids is 1. The Hall–Kier alpha value is -1.01. The topological polar surface area (TPSA) is 66.9 Å². The summed E-state index contributed by atoms with van der Waals surface area (Å²) in [6.45, 7) is 5.21. The smallest absolute Gasteiger partial charge is 0.243 e. The molecular formula is C12H20N4OS. The van der Waals surface area contributed by atoms with Crippen molar-refractivity contribution in [3.63, 3.8) is 0 Å². The van der Waals surface area contributed by atoms with Gasteiger partial charge in [-0.15, -0.1) is 10.2 Å². The summed E-state index contributed by atoms with van der Waals surface area (Å²) < 4.78 is 0. The van der Waals surface area contributed by atoms with Crippen molar-refractivity contribution in [1.82, 2.24) is 15.5 Å². The van der Waals surface area contributed by atoms with E-state index >= 15 is 0 Å². The summed E-state index contributed by atoms with van der Waals surface area (Å²) in [7, 11) is 0. The predicted molar refractivity (Wildman–Crippen MR) is 72.7 cm³/mol. The van der Waals surface area contributed by atoms with E-state index in [0.29, 0.717) is 11.0 Å². The monoisotopic (exact) mass is 268 g/mol. The molecule has 5 nitrogen and oxygen atoms in total. The van der Waals surface area contributed by atoms with E-state index in [0.717, 1.165) is 37.2 Å². The molecule has 2 N–H and O–H groups in total. The molecule has 0 aliphatic carbocycles. The van der Waals surface area contributed by atoms with Gasteiger partial charge >= 0.3 is 0 Å². The Morgan fingerprint density at radius 3 is 3.00 bits per heavy atom. The van der Waals surface area contributed by atoms with Gasteiger partial charge < -0.3 is 5.32 Å². The minimum Gasteiger partial charge on any atom is -0.306 e. The van der Waals surface area contributed by atoms with Gasteiger partial charge in [0, 0.05) is 6.42 Å². The highest BCUT2D eigenvalue weighted by molar-refractivity contribution is 7.15. The SMILES string of the molecule is CC(C)Cc1nnc(NC(=O)[C@H]2CCCCN2)s1. The third-order valence-corrected chi connectivity index (χ3v) is 3.77. The van der Waals surface area contributed by atoms with Crippen molar-refractivity contribution in [3.8, 4) is 0 Å². The molecule has 100 valence electrons. The molecule has 6 heteroatoms. The molecule has 0 bridgehead atoms. The molecule has 1 aromatic rings. The Bertz CT molecular complexity index is 399. The molecule has 0 radical (unpaired) electrons. The molecule has 1 fully saturated rings. The Morgan fingerprint density at radius 1 is 1.50 bits per heavy atom. The van der Waals surface area contributed by atoms with Crippen LogP contribution < -0.4 is 10.6 Å². The minimum absolute atomic E-state index is 0.0157. The van der Waals surface area contributed by atoms with E-state index in [1.54, 1.807) is 0 Å². The number of aromatic nitrogens is 2. The van der Waals surface area contributed by atoms with Crippen LogP contribution in [0.2, 0.25) is 0 Å². The fourth-order valence-electron chi connectivity index (χ4n) is 2.00. The number of piperidine rings is 1. The van der Waals surface area contributed by atoms with Gasteiger partial charge in [-0.1, -0.05) is 31.6 Å². The van der Waals surface area contributed by atoms with E-state index in [4.69, 9.17) is 0 Å². The summed E-state index contributed by atoms with van der Waals surface area (Å²) in [4.78, 5) is 12.0. The van der Waals surface area contributed by atoms with Crippen LogP contribution in [0.25, 0.3) is 0 Å². The summed E-state index contributed by atoms with van der Waals surface area (Å²) in [5.74, 6) is 0.573. The van der Waals surface area contributed by atoms with Crippen molar-refractivity contribution in [3.05, 3.63) is 5.01 Å². The van der Waals surface area contributed by atoms with E-state index in [1.165, 1.54) is 11.3 Å².